The van der Waals surface area contributed by atoms with E-state index in [1.807, 2.05) is 0 Å². The lowest BCUT2D eigenvalue weighted by molar-refractivity contribution is -0.144. The van der Waals surface area contributed by atoms with Gasteiger partial charge in [0.1, 0.15) is 12.0 Å². The first-order valence-electron chi connectivity index (χ1n) is 7.82. The van der Waals surface area contributed by atoms with E-state index in [4.69, 9.17) is 4.74 Å². The molecule has 1 rings (SSSR count). The van der Waals surface area contributed by atoms with Gasteiger partial charge < -0.3 is 14.8 Å². The molecule has 1 saturated carbocycles. The molecular formula is C16H27NO5. The highest BCUT2D eigenvalue weighted by atomic mass is 16.6. The van der Waals surface area contributed by atoms with Gasteiger partial charge in [-0.05, 0) is 39.5 Å². The van der Waals surface area contributed by atoms with Crippen molar-refractivity contribution in [3.05, 3.63) is 0 Å². The predicted octanol–water partition coefficient (Wildman–Crippen LogP) is 2.59. The van der Waals surface area contributed by atoms with Crippen LogP contribution in [0.2, 0.25) is 0 Å². The Balaban J connectivity index is 2.74. The van der Waals surface area contributed by atoms with Crippen LogP contribution in [-0.4, -0.2) is 36.6 Å². The number of hydrogen-bond acceptors (Lipinski definition) is 5. The van der Waals surface area contributed by atoms with Crippen LogP contribution in [0.5, 0.6) is 0 Å². The van der Waals surface area contributed by atoms with E-state index >= 15 is 0 Å². The standard InChI is InChI=1S/C16H27NO5/c1-16(2,3)22-15(20)17-14(11-8-6-5-7-9-11)12(18)10-13(19)21-4/h11,14H,5-10H2,1-4H3,(H,17,20)/t14-/m0/s1. The van der Waals surface area contributed by atoms with Gasteiger partial charge in [-0.2, -0.15) is 0 Å². The molecule has 1 amide bonds. The Hall–Kier alpha value is -1.59. The zero-order chi connectivity index (χ0) is 16.8. The summed E-state index contributed by atoms with van der Waals surface area (Å²) in [6, 6.07) is -0.686. The van der Waals surface area contributed by atoms with Crippen LogP contribution >= 0.6 is 0 Å². The van der Waals surface area contributed by atoms with Crippen molar-refractivity contribution in [3.63, 3.8) is 0 Å². The average molecular weight is 313 g/mol. The summed E-state index contributed by atoms with van der Waals surface area (Å²) < 4.78 is 9.76. The summed E-state index contributed by atoms with van der Waals surface area (Å²) in [4.78, 5) is 35.6. The van der Waals surface area contributed by atoms with Crippen LogP contribution in [0.25, 0.3) is 0 Å². The summed E-state index contributed by atoms with van der Waals surface area (Å²) >= 11 is 0. The summed E-state index contributed by atoms with van der Waals surface area (Å²) in [5, 5.41) is 2.65. The van der Waals surface area contributed by atoms with Crippen molar-refractivity contribution in [2.45, 2.75) is 70.9 Å². The number of carbonyl (C=O) groups excluding carboxylic acids is 3. The Kier molecular flexibility index (Phi) is 6.84. The third-order valence-electron chi connectivity index (χ3n) is 3.69. The Labute approximate surface area is 131 Å². The van der Waals surface area contributed by atoms with Gasteiger partial charge in [-0.3, -0.25) is 9.59 Å². The van der Waals surface area contributed by atoms with Crippen molar-refractivity contribution < 1.29 is 23.9 Å². The van der Waals surface area contributed by atoms with Crippen molar-refractivity contribution in [1.29, 1.82) is 0 Å². The highest BCUT2D eigenvalue weighted by molar-refractivity contribution is 5.99. The SMILES string of the molecule is COC(=O)CC(=O)[C@@H](NC(=O)OC(C)(C)C)C1CCCCC1. The van der Waals surface area contributed by atoms with Crippen molar-refractivity contribution in [2.75, 3.05) is 7.11 Å². The molecule has 0 aliphatic heterocycles. The molecule has 1 aliphatic rings. The zero-order valence-electron chi connectivity index (χ0n) is 13.9. The van der Waals surface area contributed by atoms with Crippen molar-refractivity contribution in [1.82, 2.24) is 5.32 Å². The second kappa shape index (κ2) is 8.15. The Morgan fingerprint density at radius 2 is 1.73 bits per heavy atom. The first-order valence-corrected chi connectivity index (χ1v) is 7.82. The number of methoxy groups -OCH3 is 1. The van der Waals surface area contributed by atoms with Crippen LogP contribution in [0.15, 0.2) is 0 Å². The molecule has 6 nitrogen and oxygen atoms in total. The van der Waals surface area contributed by atoms with E-state index in [1.54, 1.807) is 20.8 Å². The normalized spacial score (nSPS) is 17.5. The van der Waals surface area contributed by atoms with E-state index in [0.29, 0.717) is 0 Å². The lowest BCUT2D eigenvalue weighted by Crippen LogP contribution is -2.48. The fourth-order valence-corrected chi connectivity index (χ4v) is 2.69. The molecule has 1 atom stereocenters. The van der Waals surface area contributed by atoms with E-state index in [9.17, 15) is 14.4 Å². The lowest BCUT2D eigenvalue weighted by Gasteiger charge is -2.30. The van der Waals surface area contributed by atoms with Crippen LogP contribution in [0, 0.1) is 5.92 Å². The molecule has 0 aromatic rings. The number of hydrogen-bond donors (Lipinski definition) is 1. The molecule has 0 aromatic carbocycles. The Bertz CT molecular complexity index is 407. The van der Waals surface area contributed by atoms with Crippen LogP contribution in [0.3, 0.4) is 0 Å². The molecule has 126 valence electrons. The van der Waals surface area contributed by atoms with Crippen LogP contribution < -0.4 is 5.32 Å². The number of ether oxygens (including phenoxy) is 2. The maximum Gasteiger partial charge on any atom is 0.408 e. The lowest BCUT2D eigenvalue weighted by atomic mass is 9.82. The molecule has 1 fully saturated rings. The van der Waals surface area contributed by atoms with Gasteiger partial charge in [0.15, 0.2) is 5.78 Å². The molecule has 1 N–H and O–H groups in total. The Morgan fingerprint density at radius 1 is 1.14 bits per heavy atom. The molecule has 0 radical (unpaired) electrons. The van der Waals surface area contributed by atoms with E-state index in [1.165, 1.54) is 7.11 Å². The second-order valence-electron chi connectivity index (χ2n) is 6.74. The quantitative estimate of drug-likeness (QED) is 0.623. The van der Waals surface area contributed by atoms with Gasteiger partial charge in [0.2, 0.25) is 0 Å². The number of ketones is 1. The maximum absolute atomic E-state index is 12.3. The fourth-order valence-electron chi connectivity index (χ4n) is 2.69. The molecule has 6 heteroatoms. The number of esters is 1. The number of Topliss-reactive ketones (excluding diaryl/α,β-unsaturated/α-hetero) is 1. The number of amides is 1. The predicted molar refractivity (Wildman–Crippen MR) is 81.4 cm³/mol. The topological polar surface area (TPSA) is 81.7 Å². The molecular weight excluding hydrogens is 286 g/mol. The van der Waals surface area contributed by atoms with Crippen LogP contribution in [0.1, 0.15) is 59.3 Å². The number of carbonyl (C=O) groups is 3. The third kappa shape index (κ3) is 6.45. The summed E-state index contributed by atoms with van der Waals surface area (Å²) in [7, 11) is 1.24. The largest absolute Gasteiger partial charge is 0.469 e. The van der Waals surface area contributed by atoms with E-state index < -0.39 is 23.7 Å². The number of alkyl carbamates (subject to hydrolysis) is 1. The average Bonchev–Trinajstić information content (AvgIpc) is 2.43. The third-order valence-corrected chi connectivity index (χ3v) is 3.69. The van der Waals surface area contributed by atoms with E-state index in [2.05, 4.69) is 10.1 Å². The first-order chi connectivity index (χ1) is 10.2. The summed E-state index contributed by atoms with van der Waals surface area (Å²) in [6.07, 6.45) is 3.99. The first kappa shape index (κ1) is 18.5. The van der Waals surface area contributed by atoms with Gasteiger partial charge in [0.05, 0.1) is 13.2 Å². The number of nitrogens with one attached hydrogen (secondary N) is 1. The van der Waals surface area contributed by atoms with Gasteiger partial charge in [0, 0.05) is 0 Å². The molecule has 0 spiro atoms. The van der Waals surface area contributed by atoms with E-state index in [0.717, 1.165) is 32.1 Å². The van der Waals surface area contributed by atoms with Gasteiger partial charge in [-0.15, -0.1) is 0 Å². The zero-order valence-corrected chi connectivity index (χ0v) is 13.9. The summed E-state index contributed by atoms with van der Waals surface area (Å²) in [6.45, 7) is 5.29. The smallest absolute Gasteiger partial charge is 0.408 e. The minimum Gasteiger partial charge on any atom is -0.469 e. The second-order valence-corrected chi connectivity index (χ2v) is 6.74. The minimum atomic E-state index is -0.686. The van der Waals surface area contributed by atoms with Gasteiger partial charge in [-0.1, -0.05) is 19.3 Å². The Morgan fingerprint density at radius 3 is 2.23 bits per heavy atom. The number of rotatable bonds is 5. The summed E-state index contributed by atoms with van der Waals surface area (Å²) in [5.41, 5.74) is -0.632. The maximum atomic E-state index is 12.3. The highest BCUT2D eigenvalue weighted by Crippen LogP contribution is 2.27. The van der Waals surface area contributed by atoms with Crippen molar-refractivity contribution >= 4 is 17.8 Å². The molecule has 0 saturated heterocycles. The van der Waals surface area contributed by atoms with Crippen LogP contribution in [-0.2, 0) is 19.1 Å². The monoisotopic (exact) mass is 313 g/mol. The van der Waals surface area contributed by atoms with Crippen LogP contribution in [0.4, 0.5) is 4.79 Å². The molecule has 0 aromatic heterocycles. The molecule has 1 aliphatic carbocycles. The fraction of sp³-hybridized carbons (Fsp3) is 0.812. The van der Waals surface area contributed by atoms with Gasteiger partial charge >= 0.3 is 12.1 Å². The summed E-state index contributed by atoms with van der Waals surface area (Å²) in [5.74, 6) is -0.847. The minimum absolute atomic E-state index is 0.0541. The molecule has 22 heavy (non-hydrogen) atoms. The van der Waals surface area contributed by atoms with Crippen molar-refractivity contribution in [2.24, 2.45) is 5.92 Å². The van der Waals surface area contributed by atoms with Gasteiger partial charge in [0.25, 0.3) is 0 Å². The van der Waals surface area contributed by atoms with E-state index in [-0.39, 0.29) is 18.1 Å². The molecule has 0 bridgehead atoms. The van der Waals surface area contributed by atoms with Gasteiger partial charge in [-0.25, -0.2) is 4.79 Å². The molecule has 0 unspecified atom stereocenters. The van der Waals surface area contributed by atoms with Crippen molar-refractivity contribution in [3.8, 4) is 0 Å². The molecule has 0 heterocycles. The highest BCUT2D eigenvalue weighted by Gasteiger charge is 2.33.